The Balaban J connectivity index is 1.79. The highest BCUT2D eigenvalue weighted by Gasteiger charge is 2.21. The van der Waals surface area contributed by atoms with E-state index in [1.54, 1.807) is 25.2 Å². The second-order valence-electron chi connectivity index (χ2n) is 6.82. The highest BCUT2D eigenvalue weighted by atomic mass is 19.3. The van der Waals surface area contributed by atoms with Crippen LogP contribution in [0, 0.1) is 0 Å². The number of nitrogens with one attached hydrogen (secondary N) is 2. The van der Waals surface area contributed by atoms with Crippen LogP contribution >= 0.6 is 0 Å². The van der Waals surface area contributed by atoms with E-state index in [2.05, 4.69) is 34.4 Å². The molecule has 1 heterocycles. The number of hydrogen-bond donors (Lipinski definition) is 2. The average molecular weight is 368 g/mol. The van der Waals surface area contributed by atoms with Gasteiger partial charge in [0, 0.05) is 38.8 Å². The fraction of sp³-hybridized carbons (Fsp3) is 0.632. The van der Waals surface area contributed by atoms with Gasteiger partial charge in [-0.15, -0.1) is 0 Å². The van der Waals surface area contributed by atoms with Crippen LogP contribution in [0.3, 0.4) is 0 Å². The second kappa shape index (κ2) is 10.3. The molecule has 0 unspecified atom stereocenters. The van der Waals surface area contributed by atoms with Gasteiger partial charge in [0.2, 0.25) is 0 Å². The van der Waals surface area contributed by atoms with Crippen LogP contribution in [0.2, 0.25) is 0 Å². The van der Waals surface area contributed by atoms with Crippen LogP contribution in [0.5, 0.6) is 5.75 Å². The van der Waals surface area contributed by atoms with E-state index in [-0.39, 0.29) is 0 Å². The second-order valence-corrected chi connectivity index (χ2v) is 6.82. The monoisotopic (exact) mass is 368 g/mol. The van der Waals surface area contributed by atoms with E-state index in [0.717, 1.165) is 37.5 Å². The fourth-order valence-electron chi connectivity index (χ4n) is 3.04. The summed E-state index contributed by atoms with van der Waals surface area (Å²) in [7, 11) is 1.75. The van der Waals surface area contributed by atoms with Gasteiger partial charge in [-0.2, -0.15) is 0 Å². The number of guanidine groups is 1. The van der Waals surface area contributed by atoms with Gasteiger partial charge in [-0.1, -0.05) is 12.1 Å². The number of ether oxygens (including phenoxy) is 1. The number of piperidine rings is 1. The summed E-state index contributed by atoms with van der Waals surface area (Å²) in [6, 6.07) is 8.18. The van der Waals surface area contributed by atoms with E-state index >= 15 is 0 Å². The van der Waals surface area contributed by atoms with Crippen molar-refractivity contribution >= 4 is 5.96 Å². The van der Waals surface area contributed by atoms with Crippen LogP contribution in [0.4, 0.5) is 8.78 Å². The van der Waals surface area contributed by atoms with Crippen molar-refractivity contribution in [1.29, 1.82) is 0 Å². The molecule has 0 atom stereocenters. The maximum absolute atomic E-state index is 12.2. The number of hydrogen-bond acceptors (Lipinski definition) is 3. The lowest BCUT2D eigenvalue weighted by atomic mass is 10.0. The molecule has 0 radical (unpaired) electrons. The van der Waals surface area contributed by atoms with E-state index in [1.165, 1.54) is 0 Å². The Morgan fingerprint density at radius 1 is 1.31 bits per heavy atom. The molecule has 1 aliphatic rings. The molecule has 2 N–H and O–H groups in total. The molecule has 1 aliphatic heterocycles. The summed E-state index contributed by atoms with van der Waals surface area (Å²) in [5.74, 6) is 1.21. The van der Waals surface area contributed by atoms with Crippen molar-refractivity contribution in [2.24, 2.45) is 4.99 Å². The lowest BCUT2D eigenvalue weighted by Crippen LogP contribution is -2.49. The smallest absolute Gasteiger partial charge is 0.272 e. The van der Waals surface area contributed by atoms with Crippen molar-refractivity contribution in [3.63, 3.8) is 0 Å². The minimum atomic E-state index is -2.47. The Morgan fingerprint density at radius 3 is 2.65 bits per heavy atom. The molecule has 1 aromatic carbocycles. The first-order valence-corrected chi connectivity index (χ1v) is 9.19. The summed E-state index contributed by atoms with van der Waals surface area (Å²) in [5.41, 5.74) is 0.953. The number of aliphatic imine (C=N–C) groups is 1. The quantitative estimate of drug-likeness (QED) is 0.574. The Hall–Kier alpha value is -1.89. The van der Waals surface area contributed by atoms with Crippen LogP contribution in [0.15, 0.2) is 29.3 Å². The fourth-order valence-corrected chi connectivity index (χ4v) is 3.04. The summed E-state index contributed by atoms with van der Waals surface area (Å²) < 4.78 is 29.6. The first-order chi connectivity index (χ1) is 12.5. The summed E-state index contributed by atoms with van der Waals surface area (Å²) in [6.45, 7) is 6.61. The van der Waals surface area contributed by atoms with E-state index in [1.807, 2.05) is 6.07 Å². The number of nitrogens with zero attached hydrogens (tertiary/aromatic N) is 2. The van der Waals surface area contributed by atoms with Gasteiger partial charge in [-0.25, -0.2) is 8.78 Å². The largest absolute Gasteiger partial charge is 0.488 e. The van der Waals surface area contributed by atoms with Gasteiger partial charge in [-0.3, -0.25) is 4.99 Å². The zero-order valence-electron chi connectivity index (χ0n) is 15.8. The van der Waals surface area contributed by atoms with Gasteiger partial charge in [0.05, 0.1) is 0 Å². The lowest BCUT2D eigenvalue weighted by molar-refractivity contribution is 0.0818. The lowest BCUT2D eigenvalue weighted by Gasteiger charge is -2.35. The average Bonchev–Trinajstić information content (AvgIpc) is 2.64. The molecule has 0 aliphatic carbocycles. The van der Waals surface area contributed by atoms with Crippen LogP contribution in [-0.2, 0) is 6.54 Å². The zero-order chi connectivity index (χ0) is 18.9. The van der Waals surface area contributed by atoms with Crippen molar-refractivity contribution in [2.45, 2.75) is 51.7 Å². The van der Waals surface area contributed by atoms with Crippen LogP contribution in [0.25, 0.3) is 0 Å². The van der Waals surface area contributed by atoms with Crippen LogP contribution in [0.1, 0.15) is 32.3 Å². The maximum atomic E-state index is 12.2. The highest BCUT2D eigenvalue weighted by Crippen LogP contribution is 2.15. The van der Waals surface area contributed by atoms with E-state index in [4.69, 9.17) is 4.74 Å². The van der Waals surface area contributed by atoms with E-state index in [9.17, 15) is 8.78 Å². The molecule has 0 aromatic heterocycles. The molecule has 26 heavy (non-hydrogen) atoms. The molecule has 0 saturated carbocycles. The highest BCUT2D eigenvalue weighted by molar-refractivity contribution is 5.79. The minimum Gasteiger partial charge on any atom is -0.488 e. The predicted octanol–water partition coefficient (Wildman–Crippen LogP) is 2.87. The number of likely N-dealkylation sites (tertiary alicyclic amines) is 1. The molecule has 7 heteroatoms. The summed E-state index contributed by atoms with van der Waals surface area (Å²) in [6.07, 6.45) is -0.284. The molecule has 146 valence electrons. The topological polar surface area (TPSA) is 48.9 Å². The van der Waals surface area contributed by atoms with Gasteiger partial charge < -0.3 is 20.3 Å². The Kier molecular flexibility index (Phi) is 8.09. The number of rotatable bonds is 7. The van der Waals surface area contributed by atoms with Crippen molar-refractivity contribution in [3.05, 3.63) is 29.8 Å². The third kappa shape index (κ3) is 6.78. The van der Waals surface area contributed by atoms with Gasteiger partial charge >= 0.3 is 0 Å². The van der Waals surface area contributed by atoms with Gasteiger partial charge in [0.1, 0.15) is 12.4 Å². The Labute approximate surface area is 154 Å². The molecule has 2 rings (SSSR count). The Bertz CT molecular complexity index is 572. The first-order valence-electron chi connectivity index (χ1n) is 9.19. The number of alkyl halides is 2. The molecule has 0 spiro atoms. The van der Waals surface area contributed by atoms with E-state index in [0.29, 0.717) is 24.4 Å². The van der Waals surface area contributed by atoms with Gasteiger partial charge in [0.15, 0.2) is 5.96 Å². The maximum Gasteiger partial charge on any atom is 0.272 e. The van der Waals surface area contributed by atoms with Crippen molar-refractivity contribution < 1.29 is 13.5 Å². The molecule has 1 fully saturated rings. The third-order valence-corrected chi connectivity index (χ3v) is 4.56. The standard InChI is InChI=1S/C19H30F2N4O/c1-14(2)25-9-7-16(8-10-25)24-19(22-3)23-12-15-5-4-6-17(11-15)26-13-18(20)21/h4-6,11,14,16,18H,7-10,12-13H2,1-3H3,(H2,22,23,24). The molecular formula is C19H30F2N4O. The SMILES string of the molecule is CN=C(NCc1cccc(OCC(F)F)c1)NC1CCN(C(C)C)CC1. The molecule has 0 amide bonds. The molecule has 1 aromatic rings. The molecular weight excluding hydrogens is 338 g/mol. The number of halogens is 2. The summed E-state index contributed by atoms with van der Waals surface area (Å²) in [4.78, 5) is 6.77. The van der Waals surface area contributed by atoms with Crippen LogP contribution < -0.4 is 15.4 Å². The molecule has 0 bridgehead atoms. The van der Waals surface area contributed by atoms with Crippen molar-refractivity contribution in [2.75, 3.05) is 26.7 Å². The van der Waals surface area contributed by atoms with Crippen molar-refractivity contribution in [1.82, 2.24) is 15.5 Å². The first kappa shape index (κ1) is 20.4. The minimum absolute atomic E-state index is 0.414. The molecule has 1 saturated heterocycles. The van der Waals surface area contributed by atoms with Crippen molar-refractivity contribution in [3.8, 4) is 5.75 Å². The summed E-state index contributed by atoms with van der Waals surface area (Å²) >= 11 is 0. The number of benzene rings is 1. The predicted molar refractivity (Wildman–Crippen MR) is 101 cm³/mol. The van der Waals surface area contributed by atoms with Crippen LogP contribution in [-0.4, -0.2) is 56.1 Å². The van der Waals surface area contributed by atoms with Gasteiger partial charge in [-0.05, 0) is 44.4 Å². The zero-order valence-corrected chi connectivity index (χ0v) is 15.8. The normalized spacial score (nSPS) is 17.0. The summed E-state index contributed by atoms with van der Waals surface area (Å²) in [5, 5.41) is 6.75. The van der Waals surface area contributed by atoms with Gasteiger partial charge in [0.25, 0.3) is 6.43 Å². The third-order valence-electron chi connectivity index (χ3n) is 4.56. The van der Waals surface area contributed by atoms with E-state index < -0.39 is 13.0 Å². The Morgan fingerprint density at radius 2 is 2.04 bits per heavy atom. The molecule has 5 nitrogen and oxygen atoms in total.